The smallest absolute Gasteiger partial charge is 0.266 e. The minimum Gasteiger partial charge on any atom is -0.398 e. The first-order valence-corrected chi connectivity index (χ1v) is 5.94. The van der Waals surface area contributed by atoms with Crippen LogP contribution in [-0.2, 0) is 0 Å². The Morgan fingerprint density at radius 3 is 2.05 bits per heavy atom. The highest BCUT2D eigenvalue weighted by Gasteiger charge is 2.36. The third-order valence-corrected chi connectivity index (χ3v) is 3.38. The first kappa shape index (κ1) is 11.5. The molecule has 0 saturated heterocycles. The van der Waals surface area contributed by atoms with Crippen LogP contribution in [0, 0.1) is 6.92 Å². The summed E-state index contributed by atoms with van der Waals surface area (Å²) < 4.78 is 0. The van der Waals surface area contributed by atoms with Crippen molar-refractivity contribution in [1.82, 2.24) is 0 Å². The lowest BCUT2D eigenvalue weighted by molar-refractivity contribution is 0.0926. The molecular formula is C15H12N2O2. The van der Waals surface area contributed by atoms with Crippen LogP contribution in [0.5, 0.6) is 0 Å². The first-order chi connectivity index (χ1) is 9.11. The zero-order valence-corrected chi connectivity index (χ0v) is 10.4. The van der Waals surface area contributed by atoms with Gasteiger partial charge in [-0.2, -0.15) is 0 Å². The van der Waals surface area contributed by atoms with E-state index in [1.807, 2.05) is 0 Å². The molecule has 4 nitrogen and oxygen atoms in total. The summed E-state index contributed by atoms with van der Waals surface area (Å²) >= 11 is 0. The van der Waals surface area contributed by atoms with Crippen molar-refractivity contribution in [2.45, 2.75) is 6.92 Å². The number of benzene rings is 2. The Balaban J connectivity index is 2.17. The van der Waals surface area contributed by atoms with E-state index in [9.17, 15) is 9.59 Å². The number of imide groups is 1. The molecular weight excluding hydrogens is 240 g/mol. The SMILES string of the molecule is Cc1c(N)cccc1N1C(=O)c2ccccc2C1=O. The Kier molecular flexibility index (Phi) is 2.38. The van der Waals surface area contributed by atoms with Gasteiger partial charge in [-0.25, -0.2) is 4.90 Å². The maximum Gasteiger partial charge on any atom is 0.266 e. The number of fused-ring (bicyclic) bond motifs is 1. The molecule has 3 rings (SSSR count). The molecule has 0 fully saturated rings. The molecule has 0 bridgehead atoms. The highest BCUT2D eigenvalue weighted by molar-refractivity contribution is 6.34. The number of nitrogen functional groups attached to an aromatic ring is 1. The van der Waals surface area contributed by atoms with Gasteiger partial charge in [-0.15, -0.1) is 0 Å². The van der Waals surface area contributed by atoms with Crippen LogP contribution in [0.1, 0.15) is 26.3 Å². The number of nitrogens with two attached hydrogens (primary N) is 1. The highest BCUT2D eigenvalue weighted by Crippen LogP contribution is 2.32. The van der Waals surface area contributed by atoms with Crippen LogP contribution in [-0.4, -0.2) is 11.8 Å². The van der Waals surface area contributed by atoms with Crippen LogP contribution in [0.25, 0.3) is 0 Å². The summed E-state index contributed by atoms with van der Waals surface area (Å²) in [6.07, 6.45) is 0. The molecule has 4 heteroatoms. The fraction of sp³-hybridized carbons (Fsp3) is 0.0667. The van der Waals surface area contributed by atoms with E-state index in [2.05, 4.69) is 0 Å². The second kappa shape index (κ2) is 3.95. The molecule has 0 atom stereocenters. The molecule has 0 unspecified atom stereocenters. The Bertz CT molecular complexity index is 672. The topological polar surface area (TPSA) is 63.4 Å². The molecule has 1 aliphatic heterocycles. The van der Waals surface area contributed by atoms with Crippen LogP contribution in [0.3, 0.4) is 0 Å². The molecule has 0 saturated carbocycles. The molecule has 2 N–H and O–H groups in total. The normalized spacial score (nSPS) is 13.8. The molecule has 0 radical (unpaired) electrons. The van der Waals surface area contributed by atoms with Gasteiger partial charge in [0.1, 0.15) is 0 Å². The van der Waals surface area contributed by atoms with E-state index < -0.39 is 0 Å². The Labute approximate surface area is 110 Å². The number of carbonyl (C=O) groups is 2. The molecule has 2 amide bonds. The summed E-state index contributed by atoms with van der Waals surface area (Å²) in [6, 6.07) is 12.0. The summed E-state index contributed by atoms with van der Waals surface area (Å²) in [5.74, 6) is -0.594. The Hall–Kier alpha value is -2.62. The van der Waals surface area contributed by atoms with Crippen molar-refractivity contribution >= 4 is 23.2 Å². The number of anilines is 2. The van der Waals surface area contributed by atoms with Crippen LogP contribution >= 0.6 is 0 Å². The lowest BCUT2D eigenvalue weighted by atomic mass is 10.1. The molecule has 0 aliphatic carbocycles. The average Bonchev–Trinajstić information content (AvgIpc) is 2.67. The molecule has 19 heavy (non-hydrogen) atoms. The zero-order valence-electron chi connectivity index (χ0n) is 10.4. The Morgan fingerprint density at radius 1 is 0.895 bits per heavy atom. The fourth-order valence-corrected chi connectivity index (χ4v) is 2.29. The predicted molar refractivity (Wildman–Crippen MR) is 73.2 cm³/mol. The van der Waals surface area contributed by atoms with Crippen molar-refractivity contribution in [2.75, 3.05) is 10.6 Å². The molecule has 2 aromatic rings. The second-order valence-electron chi connectivity index (χ2n) is 4.48. The average molecular weight is 252 g/mol. The third-order valence-electron chi connectivity index (χ3n) is 3.38. The van der Waals surface area contributed by atoms with Crippen molar-refractivity contribution < 1.29 is 9.59 Å². The van der Waals surface area contributed by atoms with Crippen LogP contribution in [0.2, 0.25) is 0 Å². The monoisotopic (exact) mass is 252 g/mol. The molecule has 1 heterocycles. The van der Waals surface area contributed by atoms with Crippen molar-refractivity contribution in [1.29, 1.82) is 0 Å². The van der Waals surface area contributed by atoms with E-state index in [0.29, 0.717) is 22.5 Å². The number of amides is 2. The minimum absolute atomic E-state index is 0.297. The van der Waals surface area contributed by atoms with E-state index in [-0.39, 0.29) is 11.8 Å². The maximum absolute atomic E-state index is 12.3. The van der Waals surface area contributed by atoms with Crippen LogP contribution in [0.4, 0.5) is 11.4 Å². The number of hydrogen-bond donors (Lipinski definition) is 1. The molecule has 2 aromatic carbocycles. The predicted octanol–water partition coefficient (Wildman–Crippen LogP) is 2.38. The van der Waals surface area contributed by atoms with Gasteiger partial charge in [0.2, 0.25) is 0 Å². The van der Waals surface area contributed by atoms with Gasteiger partial charge < -0.3 is 5.73 Å². The van der Waals surface area contributed by atoms with E-state index in [0.717, 1.165) is 5.56 Å². The van der Waals surface area contributed by atoms with Crippen LogP contribution < -0.4 is 10.6 Å². The van der Waals surface area contributed by atoms with Gasteiger partial charge in [0, 0.05) is 5.69 Å². The second-order valence-corrected chi connectivity index (χ2v) is 4.48. The molecule has 0 spiro atoms. The summed E-state index contributed by atoms with van der Waals surface area (Å²) in [6.45, 7) is 1.80. The van der Waals surface area contributed by atoms with Gasteiger partial charge in [-0.1, -0.05) is 18.2 Å². The summed E-state index contributed by atoms with van der Waals surface area (Å²) in [5, 5.41) is 0. The highest BCUT2D eigenvalue weighted by atomic mass is 16.2. The maximum atomic E-state index is 12.3. The van der Waals surface area contributed by atoms with Crippen LogP contribution in [0.15, 0.2) is 42.5 Å². The van der Waals surface area contributed by atoms with Gasteiger partial charge in [0.15, 0.2) is 0 Å². The summed E-state index contributed by atoms with van der Waals surface area (Å²) in [5.41, 5.74) is 8.56. The number of carbonyl (C=O) groups excluding carboxylic acids is 2. The third kappa shape index (κ3) is 1.53. The summed E-state index contributed by atoms with van der Waals surface area (Å²) in [7, 11) is 0. The van der Waals surface area contributed by atoms with Crippen molar-refractivity contribution in [3.63, 3.8) is 0 Å². The molecule has 1 aliphatic rings. The lowest BCUT2D eigenvalue weighted by Crippen LogP contribution is -2.30. The largest absolute Gasteiger partial charge is 0.398 e. The fourth-order valence-electron chi connectivity index (χ4n) is 2.29. The van der Waals surface area contributed by atoms with Gasteiger partial charge in [0.05, 0.1) is 16.8 Å². The summed E-state index contributed by atoms with van der Waals surface area (Å²) in [4.78, 5) is 25.9. The van der Waals surface area contributed by atoms with Gasteiger partial charge in [0.25, 0.3) is 11.8 Å². The van der Waals surface area contributed by atoms with Gasteiger partial charge in [-0.05, 0) is 36.8 Å². The Morgan fingerprint density at radius 2 is 1.47 bits per heavy atom. The minimum atomic E-state index is -0.297. The van der Waals surface area contributed by atoms with E-state index >= 15 is 0 Å². The first-order valence-electron chi connectivity index (χ1n) is 5.94. The zero-order chi connectivity index (χ0) is 13.6. The van der Waals surface area contributed by atoms with Crippen molar-refractivity contribution in [3.05, 3.63) is 59.2 Å². The number of nitrogens with zero attached hydrogens (tertiary/aromatic N) is 1. The number of hydrogen-bond acceptors (Lipinski definition) is 3. The van der Waals surface area contributed by atoms with Gasteiger partial charge in [-0.3, -0.25) is 9.59 Å². The molecule has 94 valence electrons. The van der Waals surface area contributed by atoms with E-state index in [1.54, 1.807) is 49.4 Å². The number of rotatable bonds is 1. The quantitative estimate of drug-likeness (QED) is 0.626. The lowest BCUT2D eigenvalue weighted by Gasteiger charge is -2.17. The van der Waals surface area contributed by atoms with Gasteiger partial charge >= 0.3 is 0 Å². The molecule has 0 aromatic heterocycles. The van der Waals surface area contributed by atoms with Crippen molar-refractivity contribution in [3.8, 4) is 0 Å². The van der Waals surface area contributed by atoms with E-state index in [4.69, 9.17) is 5.73 Å². The standard InChI is InChI=1S/C15H12N2O2/c1-9-12(16)7-4-8-13(9)17-14(18)10-5-2-3-6-11(10)15(17)19/h2-8H,16H2,1H3. The van der Waals surface area contributed by atoms with E-state index in [1.165, 1.54) is 4.90 Å². The van der Waals surface area contributed by atoms with Crippen molar-refractivity contribution in [2.24, 2.45) is 0 Å².